The van der Waals surface area contributed by atoms with Crippen molar-refractivity contribution >= 4 is 34.1 Å². The first-order valence-electron chi connectivity index (χ1n) is 6.32. The van der Waals surface area contributed by atoms with Gasteiger partial charge in [-0.15, -0.1) is 10.2 Å². The Bertz CT molecular complexity index is 467. The van der Waals surface area contributed by atoms with E-state index in [-0.39, 0.29) is 22.3 Å². The van der Waals surface area contributed by atoms with Crippen molar-refractivity contribution < 1.29 is 18.0 Å². The monoisotopic (exact) mass is 342 g/mol. The lowest BCUT2D eigenvalue weighted by molar-refractivity contribution is -0.121. The van der Waals surface area contributed by atoms with Gasteiger partial charge in [-0.2, -0.15) is 13.2 Å². The van der Waals surface area contributed by atoms with Crippen LogP contribution in [0, 0.1) is 0 Å². The fraction of sp³-hybridized carbons (Fsp3) is 0.727. The Kier molecular flexibility index (Phi) is 6.72. The number of anilines is 1. The van der Waals surface area contributed by atoms with Crippen molar-refractivity contribution in [3.63, 3.8) is 0 Å². The molecule has 0 fully saturated rings. The molecule has 2 N–H and O–H groups in total. The van der Waals surface area contributed by atoms with Crippen LogP contribution in [0.2, 0.25) is 0 Å². The number of hydrogen-bond acceptors (Lipinski definition) is 6. The number of amides is 1. The number of alkyl halides is 3. The van der Waals surface area contributed by atoms with Gasteiger partial charge in [0.05, 0.1) is 5.25 Å². The number of hydrogen-bond donors (Lipinski definition) is 2. The van der Waals surface area contributed by atoms with Gasteiger partial charge in [0.2, 0.25) is 11.0 Å². The van der Waals surface area contributed by atoms with Crippen LogP contribution in [0.4, 0.5) is 18.3 Å². The topological polar surface area (TPSA) is 66.9 Å². The molecule has 120 valence electrons. The summed E-state index contributed by atoms with van der Waals surface area (Å²) in [5.41, 5.74) is 0. The van der Waals surface area contributed by atoms with Gasteiger partial charge < -0.3 is 10.6 Å². The first kappa shape index (κ1) is 18.0. The normalized spacial score (nSPS) is 14.6. The average Bonchev–Trinajstić information content (AvgIpc) is 2.83. The minimum atomic E-state index is -4.30. The van der Waals surface area contributed by atoms with Crippen LogP contribution in [0.15, 0.2) is 4.34 Å². The van der Waals surface area contributed by atoms with Crippen molar-refractivity contribution in [3.05, 3.63) is 0 Å². The Morgan fingerprint density at radius 2 is 2.05 bits per heavy atom. The van der Waals surface area contributed by atoms with E-state index in [0.717, 1.165) is 17.8 Å². The second-order valence-electron chi connectivity index (χ2n) is 4.42. The van der Waals surface area contributed by atoms with Crippen LogP contribution in [0.3, 0.4) is 0 Å². The molecule has 0 aliphatic heterocycles. The lowest BCUT2D eigenvalue weighted by Gasteiger charge is -2.14. The number of thioether (sulfide) groups is 1. The first-order chi connectivity index (χ1) is 9.71. The van der Waals surface area contributed by atoms with Gasteiger partial charge >= 0.3 is 6.18 Å². The van der Waals surface area contributed by atoms with Crippen LogP contribution in [-0.4, -0.2) is 40.1 Å². The number of nitrogens with one attached hydrogen (secondary N) is 2. The van der Waals surface area contributed by atoms with Gasteiger partial charge in [0.15, 0.2) is 4.34 Å². The maximum Gasteiger partial charge on any atom is 0.405 e. The molecule has 0 radical (unpaired) electrons. The predicted octanol–water partition coefficient (Wildman–Crippen LogP) is 2.91. The predicted molar refractivity (Wildman–Crippen MR) is 77.7 cm³/mol. The number of rotatable bonds is 7. The van der Waals surface area contributed by atoms with E-state index in [1.807, 2.05) is 13.8 Å². The summed E-state index contributed by atoms with van der Waals surface area (Å²) in [6.07, 6.45) is -3.48. The Balaban J connectivity index is 2.48. The van der Waals surface area contributed by atoms with E-state index in [1.165, 1.54) is 11.8 Å². The molecule has 0 spiro atoms. The van der Waals surface area contributed by atoms with E-state index in [0.29, 0.717) is 4.34 Å². The highest BCUT2D eigenvalue weighted by atomic mass is 32.2. The van der Waals surface area contributed by atoms with Crippen molar-refractivity contribution in [1.29, 1.82) is 0 Å². The zero-order valence-corrected chi connectivity index (χ0v) is 13.5. The molecule has 0 aliphatic rings. The summed E-state index contributed by atoms with van der Waals surface area (Å²) in [4.78, 5) is 11.8. The summed E-state index contributed by atoms with van der Waals surface area (Å²) in [5.74, 6) is -0.130. The molecule has 1 rings (SSSR count). The van der Waals surface area contributed by atoms with Gasteiger partial charge in [-0.05, 0) is 20.3 Å². The van der Waals surface area contributed by atoms with Crippen molar-refractivity contribution in [3.8, 4) is 0 Å². The third kappa shape index (κ3) is 6.98. The highest BCUT2D eigenvalue weighted by Crippen LogP contribution is 2.29. The van der Waals surface area contributed by atoms with Crippen LogP contribution in [0.25, 0.3) is 0 Å². The van der Waals surface area contributed by atoms with Gasteiger partial charge in [-0.25, -0.2) is 0 Å². The number of carbonyl (C=O) groups excluding carboxylic acids is 1. The molecule has 0 aliphatic carbocycles. The van der Waals surface area contributed by atoms with E-state index >= 15 is 0 Å². The maximum absolute atomic E-state index is 12.1. The fourth-order valence-electron chi connectivity index (χ4n) is 1.17. The number of carbonyl (C=O) groups is 1. The molecular formula is C11H17F3N4OS2. The molecule has 10 heteroatoms. The largest absolute Gasteiger partial charge is 0.405 e. The Hall–Kier alpha value is -1.03. The fourth-order valence-corrected chi connectivity index (χ4v) is 3.07. The summed E-state index contributed by atoms with van der Waals surface area (Å²) in [6.45, 7) is 4.43. The minimum absolute atomic E-state index is 0.0824. The van der Waals surface area contributed by atoms with Gasteiger partial charge in [0.1, 0.15) is 6.54 Å². The van der Waals surface area contributed by atoms with E-state index < -0.39 is 12.7 Å². The Morgan fingerprint density at radius 3 is 2.62 bits per heavy atom. The lowest BCUT2D eigenvalue weighted by Crippen LogP contribution is -2.37. The Morgan fingerprint density at radius 1 is 1.38 bits per heavy atom. The molecule has 1 amide bonds. The second-order valence-corrected chi connectivity index (χ2v) is 6.99. The molecule has 1 heterocycles. The van der Waals surface area contributed by atoms with E-state index in [9.17, 15) is 18.0 Å². The van der Waals surface area contributed by atoms with Crippen molar-refractivity contribution in [2.45, 2.75) is 49.0 Å². The third-order valence-electron chi connectivity index (χ3n) is 2.49. The molecule has 5 nitrogen and oxygen atoms in total. The summed E-state index contributed by atoms with van der Waals surface area (Å²) >= 11 is 2.16. The summed E-state index contributed by atoms with van der Waals surface area (Å²) in [6, 6.07) is 0.0824. The zero-order chi connectivity index (χ0) is 16.0. The summed E-state index contributed by atoms with van der Waals surface area (Å²) in [5, 5.41) is 12.1. The molecular weight excluding hydrogens is 325 g/mol. The second kappa shape index (κ2) is 7.83. The molecule has 1 aromatic heterocycles. The van der Waals surface area contributed by atoms with Crippen molar-refractivity contribution in [2.75, 3.05) is 11.9 Å². The molecule has 0 bridgehead atoms. The smallest absolute Gasteiger partial charge is 0.353 e. The summed E-state index contributed by atoms with van der Waals surface area (Å²) in [7, 11) is 0. The van der Waals surface area contributed by atoms with Gasteiger partial charge in [-0.1, -0.05) is 30.0 Å². The lowest BCUT2D eigenvalue weighted by atomic mass is 10.2. The highest BCUT2D eigenvalue weighted by molar-refractivity contribution is 8.02. The SMILES string of the molecule is CC[C@H](C)NC(=O)[C@@H](C)Sc1nnc(NCC(F)(F)F)s1. The van der Waals surface area contributed by atoms with Gasteiger partial charge in [0.25, 0.3) is 0 Å². The van der Waals surface area contributed by atoms with Gasteiger partial charge in [-0.3, -0.25) is 4.79 Å². The van der Waals surface area contributed by atoms with Crippen LogP contribution in [0.1, 0.15) is 27.2 Å². The highest BCUT2D eigenvalue weighted by Gasteiger charge is 2.27. The maximum atomic E-state index is 12.1. The molecule has 0 saturated carbocycles. The molecule has 0 unspecified atom stereocenters. The number of nitrogens with zero attached hydrogens (tertiary/aromatic N) is 2. The number of aromatic nitrogens is 2. The van der Waals surface area contributed by atoms with Crippen LogP contribution >= 0.6 is 23.1 Å². The van der Waals surface area contributed by atoms with Gasteiger partial charge in [0, 0.05) is 6.04 Å². The molecule has 0 aromatic carbocycles. The number of halogens is 3. The van der Waals surface area contributed by atoms with E-state index in [4.69, 9.17) is 0 Å². The van der Waals surface area contributed by atoms with Crippen LogP contribution < -0.4 is 10.6 Å². The zero-order valence-electron chi connectivity index (χ0n) is 11.8. The third-order valence-corrected chi connectivity index (χ3v) is 4.56. The molecule has 21 heavy (non-hydrogen) atoms. The molecule has 0 saturated heterocycles. The minimum Gasteiger partial charge on any atom is -0.353 e. The van der Waals surface area contributed by atoms with E-state index in [2.05, 4.69) is 20.8 Å². The van der Waals surface area contributed by atoms with E-state index in [1.54, 1.807) is 6.92 Å². The molecule has 2 atom stereocenters. The van der Waals surface area contributed by atoms with Crippen LogP contribution in [-0.2, 0) is 4.79 Å². The van der Waals surface area contributed by atoms with Crippen molar-refractivity contribution in [1.82, 2.24) is 15.5 Å². The molecule has 1 aromatic rings. The quantitative estimate of drug-likeness (QED) is 0.746. The summed E-state index contributed by atoms with van der Waals surface area (Å²) < 4.78 is 36.6. The van der Waals surface area contributed by atoms with Crippen LogP contribution in [0.5, 0.6) is 0 Å². The first-order valence-corrected chi connectivity index (χ1v) is 8.02. The Labute approximate surface area is 129 Å². The van der Waals surface area contributed by atoms with Crippen molar-refractivity contribution in [2.24, 2.45) is 0 Å². The standard InChI is InChI=1S/C11H17F3N4OS2/c1-4-6(2)16-8(19)7(3)20-10-18-17-9(21-10)15-5-11(12,13)14/h6-7H,4-5H2,1-3H3,(H,15,17)(H,16,19)/t6-,7+/m0/s1. The average molecular weight is 342 g/mol.